The zero-order chi connectivity index (χ0) is 13.1. The van der Waals surface area contributed by atoms with Crippen molar-refractivity contribution in [1.29, 1.82) is 0 Å². The van der Waals surface area contributed by atoms with Crippen molar-refractivity contribution in [3.8, 4) is 0 Å². The van der Waals surface area contributed by atoms with Gasteiger partial charge in [0.1, 0.15) is 0 Å². The Bertz CT molecular complexity index is 445. The third-order valence-electron chi connectivity index (χ3n) is 3.56. The van der Waals surface area contributed by atoms with Gasteiger partial charge >= 0.3 is 5.97 Å². The summed E-state index contributed by atoms with van der Waals surface area (Å²) in [6.45, 7) is 1.07. The minimum atomic E-state index is -0.791. The minimum absolute atomic E-state index is 0.119. The average molecular weight is 248 g/mol. The Balaban J connectivity index is 2.14. The number of hydrogen-bond acceptors (Lipinski definition) is 3. The number of rotatable bonds is 4. The van der Waals surface area contributed by atoms with E-state index in [1.165, 1.54) is 17.7 Å². The van der Waals surface area contributed by atoms with Crippen LogP contribution in [0.5, 0.6) is 0 Å². The minimum Gasteiger partial charge on any atom is -0.481 e. The molecule has 0 amide bonds. The molecule has 1 aliphatic rings. The zero-order valence-corrected chi connectivity index (χ0v) is 10.7. The van der Waals surface area contributed by atoms with Gasteiger partial charge in [0.15, 0.2) is 0 Å². The van der Waals surface area contributed by atoms with Crippen LogP contribution in [-0.4, -0.2) is 24.7 Å². The molecule has 0 aromatic heterocycles. The molecule has 3 N–H and O–H groups in total. The third-order valence-corrected chi connectivity index (χ3v) is 3.56. The number of benzene rings is 1. The number of nitrogens with zero attached hydrogens (tertiary/aromatic N) is 1. The molecule has 0 saturated carbocycles. The number of carboxylic acids is 1. The number of aryl methyl sites for hydroxylation is 1. The Labute approximate surface area is 107 Å². The van der Waals surface area contributed by atoms with Gasteiger partial charge in [-0.15, -0.1) is 0 Å². The molecule has 0 aliphatic carbocycles. The van der Waals surface area contributed by atoms with Crippen LogP contribution in [0.1, 0.15) is 36.4 Å². The maximum absolute atomic E-state index is 10.6. The van der Waals surface area contributed by atoms with Gasteiger partial charge in [-0.25, -0.2) is 0 Å². The van der Waals surface area contributed by atoms with Crippen molar-refractivity contribution >= 4 is 11.7 Å². The first-order chi connectivity index (χ1) is 8.58. The van der Waals surface area contributed by atoms with Gasteiger partial charge in [0, 0.05) is 31.7 Å². The molecule has 1 aliphatic heterocycles. The highest BCUT2D eigenvalue weighted by atomic mass is 16.4. The summed E-state index contributed by atoms with van der Waals surface area (Å²) in [5, 5.41) is 8.68. The number of carboxylic acid groups (broad SMARTS) is 1. The van der Waals surface area contributed by atoms with Gasteiger partial charge in [-0.2, -0.15) is 0 Å². The Hall–Kier alpha value is -1.55. The molecule has 0 fully saturated rings. The maximum atomic E-state index is 10.6. The van der Waals surface area contributed by atoms with Crippen LogP contribution in [0.4, 0.5) is 5.69 Å². The molecule has 1 atom stereocenters. The molecule has 0 radical (unpaired) electrons. The molecular weight excluding hydrogens is 228 g/mol. The van der Waals surface area contributed by atoms with Crippen LogP contribution >= 0.6 is 0 Å². The van der Waals surface area contributed by atoms with Crippen LogP contribution in [0, 0.1) is 0 Å². The summed E-state index contributed by atoms with van der Waals surface area (Å²) >= 11 is 0. The van der Waals surface area contributed by atoms with E-state index in [0.29, 0.717) is 6.42 Å². The van der Waals surface area contributed by atoms with E-state index in [1.54, 1.807) is 0 Å². The van der Waals surface area contributed by atoms with Crippen LogP contribution < -0.4 is 10.6 Å². The summed E-state index contributed by atoms with van der Waals surface area (Å²) in [7, 11) is 2.09. The fourth-order valence-electron chi connectivity index (χ4n) is 2.45. The van der Waals surface area contributed by atoms with Crippen molar-refractivity contribution in [3.05, 3.63) is 29.3 Å². The standard InChI is InChI=1S/C14H20N2O2/c1-16-8-2-3-10-4-5-11(9-13(10)16)12(15)6-7-14(17)18/h4-5,9,12H,2-3,6-8,15H2,1H3,(H,17,18). The molecule has 0 spiro atoms. The van der Waals surface area contributed by atoms with Crippen LogP contribution in [0.25, 0.3) is 0 Å². The van der Waals surface area contributed by atoms with Crippen molar-refractivity contribution in [2.45, 2.75) is 31.7 Å². The summed E-state index contributed by atoms with van der Waals surface area (Å²) in [6, 6.07) is 6.08. The summed E-state index contributed by atoms with van der Waals surface area (Å²) in [4.78, 5) is 12.8. The largest absolute Gasteiger partial charge is 0.481 e. The molecule has 0 saturated heterocycles. The molecule has 1 aromatic rings. The van der Waals surface area contributed by atoms with Gasteiger partial charge in [-0.1, -0.05) is 12.1 Å². The smallest absolute Gasteiger partial charge is 0.303 e. The molecular formula is C14H20N2O2. The molecule has 1 aromatic carbocycles. The molecule has 1 heterocycles. The number of anilines is 1. The van der Waals surface area contributed by atoms with E-state index in [-0.39, 0.29) is 12.5 Å². The van der Waals surface area contributed by atoms with Crippen molar-refractivity contribution in [2.24, 2.45) is 5.73 Å². The second-order valence-electron chi connectivity index (χ2n) is 4.95. The lowest BCUT2D eigenvalue weighted by Crippen LogP contribution is -2.25. The van der Waals surface area contributed by atoms with E-state index in [1.807, 2.05) is 6.07 Å². The van der Waals surface area contributed by atoms with Gasteiger partial charge in [0.2, 0.25) is 0 Å². The Kier molecular flexibility index (Phi) is 3.87. The van der Waals surface area contributed by atoms with E-state index in [0.717, 1.165) is 18.5 Å². The fraction of sp³-hybridized carbons (Fsp3) is 0.500. The normalized spacial score (nSPS) is 16.2. The Morgan fingerprint density at radius 3 is 3.06 bits per heavy atom. The predicted octanol–water partition coefficient (Wildman–Crippen LogP) is 1.93. The van der Waals surface area contributed by atoms with Gasteiger partial charge in [-0.3, -0.25) is 4.79 Å². The SMILES string of the molecule is CN1CCCc2ccc(C(N)CCC(=O)O)cc21. The number of carbonyl (C=O) groups is 1. The van der Waals surface area contributed by atoms with E-state index in [4.69, 9.17) is 10.8 Å². The van der Waals surface area contributed by atoms with Crippen molar-refractivity contribution in [3.63, 3.8) is 0 Å². The van der Waals surface area contributed by atoms with Gasteiger partial charge in [0.05, 0.1) is 0 Å². The van der Waals surface area contributed by atoms with Crippen molar-refractivity contribution in [1.82, 2.24) is 0 Å². The number of hydrogen-bond donors (Lipinski definition) is 2. The maximum Gasteiger partial charge on any atom is 0.303 e. The highest BCUT2D eigenvalue weighted by Crippen LogP contribution is 2.29. The first-order valence-electron chi connectivity index (χ1n) is 6.39. The van der Waals surface area contributed by atoms with E-state index < -0.39 is 5.97 Å². The van der Waals surface area contributed by atoms with E-state index >= 15 is 0 Å². The monoisotopic (exact) mass is 248 g/mol. The zero-order valence-electron chi connectivity index (χ0n) is 10.7. The number of fused-ring (bicyclic) bond motifs is 1. The van der Waals surface area contributed by atoms with Crippen molar-refractivity contribution in [2.75, 3.05) is 18.5 Å². The molecule has 1 unspecified atom stereocenters. The second-order valence-corrected chi connectivity index (χ2v) is 4.95. The van der Waals surface area contributed by atoms with Crippen LogP contribution in [0.2, 0.25) is 0 Å². The summed E-state index contributed by atoms with van der Waals surface area (Å²) < 4.78 is 0. The third kappa shape index (κ3) is 2.82. The van der Waals surface area contributed by atoms with Crippen LogP contribution in [0.3, 0.4) is 0 Å². The number of aliphatic carboxylic acids is 1. The van der Waals surface area contributed by atoms with Crippen LogP contribution in [0.15, 0.2) is 18.2 Å². The molecule has 4 nitrogen and oxygen atoms in total. The summed E-state index contributed by atoms with van der Waals surface area (Å²) in [5.74, 6) is -0.791. The summed E-state index contributed by atoms with van der Waals surface area (Å²) in [5.41, 5.74) is 9.67. The van der Waals surface area contributed by atoms with Crippen LogP contribution in [-0.2, 0) is 11.2 Å². The lowest BCUT2D eigenvalue weighted by atomic mass is 9.96. The highest BCUT2D eigenvalue weighted by Gasteiger charge is 2.16. The van der Waals surface area contributed by atoms with Crippen molar-refractivity contribution < 1.29 is 9.90 Å². The van der Waals surface area contributed by atoms with Gasteiger partial charge in [-0.05, 0) is 36.5 Å². The molecule has 18 heavy (non-hydrogen) atoms. The predicted molar refractivity (Wildman–Crippen MR) is 71.8 cm³/mol. The molecule has 0 bridgehead atoms. The Morgan fingerprint density at radius 2 is 2.33 bits per heavy atom. The topological polar surface area (TPSA) is 66.6 Å². The number of nitrogens with two attached hydrogens (primary N) is 1. The second kappa shape index (κ2) is 5.40. The molecule has 2 rings (SSSR count). The quantitative estimate of drug-likeness (QED) is 0.854. The van der Waals surface area contributed by atoms with E-state index in [2.05, 4.69) is 24.1 Å². The Morgan fingerprint density at radius 1 is 1.56 bits per heavy atom. The van der Waals surface area contributed by atoms with E-state index in [9.17, 15) is 4.79 Å². The van der Waals surface area contributed by atoms with Gasteiger partial charge < -0.3 is 15.7 Å². The fourth-order valence-corrected chi connectivity index (χ4v) is 2.45. The average Bonchev–Trinajstić information content (AvgIpc) is 2.36. The molecule has 98 valence electrons. The first-order valence-corrected chi connectivity index (χ1v) is 6.39. The summed E-state index contributed by atoms with van der Waals surface area (Å²) in [6.07, 6.45) is 2.91. The lowest BCUT2D eigenvalue weighted by molar-refractivity contribution is -0.137. The first kappa shape index (κ1) is 12.9. The van der Waals surface area contributed by atoms with Gasteiger partial charge in [0.25, 0.3) is 0 Å². The lowest BCUT2D eigenvalue weighted by Gasteiger charge is -2.28. The highest BCUT2D eigenvalue weighted by molar-refractivity contribution is 5.66. The molecule has 4 heteroatoms.